The van der Waals surface area contributed by atoms with E-state index in [1.165, 1.54) is 19.6 Å². The third kappa shape index (κ3) is 10.8. The lowest BCUT2D eigenvalue weighted by atomic mass is 10.1. The fourth-order valence-electron chi connectivity index (χ4n) is 2.37. The van der Waals surface area contributed by atoms with Gasteiger partial charge in [-0.1, -0.05) is 30.3 Å². The van der Waals surface area contributed by atoms with Crippen LogP contribution in [0.5, 0.6) is 0 Å². The molecule has 31 heavy (non-hydrogen) atoms. The van der Waals surface area contributed by atoms with Crippen LogP contribution >= 0.6 is 0 Å². The SMILES string of the molecule is CC(C)(C)OC(=O)NC(Cc1cnc[nH]1)C(=O)O.COC(=O)C(N)Cc1ccccc1. The molecule has 2 unspecified atom stereocenters. The summed E-state index contributed by atoms with van der Waals surface area (Å²) in [5.74, 6) is -1.50. The third-order valence-electron chi connectivity index (χ3n) is 3.77. The number of amides is 1. The van der Waals surface area contributed by atoms with Crippen molar-refractivity contribution in [1.29, 1.82) is 0 Å². The molecule has 0 bridgehead atoms. The number of nitrogens with zero attached hydrogens (tertiary/aromatic N) is 1. The lowest BCUT2D eigenvalue weighted by Gasteiger charge is -2.21. The van der Waals surface area contributed by atoms with E-state index in [1.54, 1.807) is 20.8 Å². The molecule has 1 aromatic carbocycles. The highest BCUT2D eigenvalue weighted by Crippen LogP contribution is 2.07. The second-order valence-corrected chi connectivity index (χ2v) is 7.64. The fourth-order valence-corrected chi connectivity index (χ4v) is 2.37. The number of imidazole rings is 1. The standard InChI is InChI=1S/C11H17N3O4.C10H13NO2/c1-11(2,3)18-10(17)14-8(9(15)16)4-7-5-12-6-13-7;1-13-10(12)9(11)7-8-5-3-2-4-6-8/h5-6,8H,4H2,1-3H3,(H,12,13)(H,14,17)(H,15,16);2-6,9H,7,11H2,1H3. The first-order valence-electron chi connectivity index (χ1n) is 9.58. The van der Waals surface area contributed by atoms with Crippen molar-refractivity contribution in [2.75, 3.05) is 7.11 Å². The number of carboxylic acid groups (broad SMARTS) is 1. The van der Waals surface area contributed by atoms with Crippen LogP contribution < -0.4 is 11.1 Å². The van der Waals surface area contributed by atoms with E-state index >= 15 is 0 Å². The predicted molar refractivity (Wildman–Crippen MR) is 113 cm³/mol. The van der Waals surface area contributed by atoms with Crippen molar-refractivity contribution in [2.45, 2.75) is 51.3 Å². The van der Waals surface area contributed by atoms with Gasteiger partial charge in [0, 0.05) is 18.3 Å². The van der Waals surface area contributed by atoms with Gasteiger partial charge in [0.05, 0.1) is 13.4 Å². The van der Waals surface area contributed by atoms with Crippen LogP contribution in [0.15, 0.2) is 42.9 Å². The molecule has 0 fully saturated rings. The molecule has 1 amide bonds. The Morgan fingerprint density at radius 3 is 2.32 bits per heavy atom. The minimum Gasteiger partial charge on any atom is -0.480 e. The van der Waals surface area contributed by atoms with Gasteiger partial charge in [-0.3, -0.25) is 4.79 Å². The molecule has 2 atom stereocenters. The number of carbonyl (C=O) groups excluding carboxylic acids is 2. The molecule has 0 radical (unpaired) electrons. The maximum absolute atomic E-state index is 11.5. The molecular weight excluding hydrogens is 404 g/mol. The van der Waals surface area contributed by atoms with Crippen LogP contribution in [-0.2, 0) is 31.9 Å². The predicted octanol–water partition coefficient (Wildman–Crippen LogP) is 1.66. The number of alkyl carbamates (subject to hydrolysis) is 1. The van der Waals surface area contributed by atoms with Gasteiger partial charge in [0.2, 0.25) is 0 Å². The number of nitrogens with two attached hydrogens (primary N) is 1. The summed E-state index contributed by atoms with van der Waals surface area (Å²) in [5, 5.41) is 11.3. The van der Waals surface area contributed by atoms with E-state index in [-0.39, 0.29) is 12.4 Å². The Bertz CT molecular complexity index is 818. The zero-order valence-electron chi connectivity index (χ0n) is 18.1. The van der Waals surface area contributed by atoms with E-state index in [1.807, 2.05) is 30.3 Å². The first kappa shape index (κ1) is 25.6. The molecule has 2 aromatic rings. The zero-order chi connectivity index (χ0) is 23.4. The number of hydrogen-bond donors (Lipinski definition) is 4. The number of esters is 1. The summed E-state index contributed by atoms with van der Waals surface area (Å²) in [6, 6.07) is 8.00. The normalized spacial score (nSPS) is 12.5. The number of aromatic amines is 1. The number of ether oxygens (including phenoxy) is 2. The van der Waals surface area contributed by atoms with Gasteiger partial charge in [-0.05, 0) is 32.8 Å². The van der Waals surface area contributed by atoms with E-state index in [2.05, 4.69) is 20.0 Å². The third-order valence-corrected chi connectivity index (χ3v) is 3.77. The number of aliphatic carboxylic acids is 1. The van der Waals surface area contributed by atoms with Crippen LogP contribution in [-0.4, -0.2) is 57.9 Å². The van der Waals surface area contributed by atoms with E-state index < -0.39 is 29.7 Å². The van der Waals surface area contributed by atoms with E-state index in [4.69, 9.17) is 15.6 Å². The largest absolute Gasteiger partial charge is 0.480 e. The van der Waals surface area contributed by atoms with Crippen molar-refractivity contribution in [3.05, 3.63) is 54.1 Å². The molecule has 0 aliphatic carbocycles. The van der Waals surface area contributed by atoms with Crippen molar-refractivity contribution < 1.29 is 29.0 Å². The number of H-pyrrole nitrogens is 1. The van der Waals surface area contributed by atoms with Crippen LogP contribution in [0.1, 0.15) is 32.0 Å². The van der Waals surface area contributed by atoms with Crippen LogP contribution in [0.3, 0.4) is 0 Å². The highest BCUT2D eigenvalue weighted by molar-refractivity contribution is 5.80. The molecule has 1 heterocycles. The highest BCUT2D eigenvalue weighted by Gasteiger charge is 2.24. The van der Waals surface area contributed by atoms with Gasteiger partial charge in [-0.15, -0.1) is 0 Å². The maximum Gasteiger partial charge on any atom is 0.408 e. The number of hydrogen-bond acceptors (Lipinski definition) is 7. The van der Waals surface area contributed by atoms with Crippen LogP contribution in [0.4, 0.5) is 4.79 Å². The minimum absolute atomic E-state index is 0.120. The Kier molecular flexibility index (Phi) is 10.2. The van der Waals surface area contributed by atoms with Gasteiger partial charge in [0.25, 0.3) is 0 Å². The lowest BCUT2D eigenvalue weighted by Crippen LogP contribution is -2.44. The Morgan fingerprint density at radius 1 is 1.19 bits per heavy atom. The van der Waals surface area contributed by atoms with Crippen LogP contribution in [0.25, 0.3) is 0 Å². The number of rotatable bonds is 7. The van der Waals surface area contributed by atoms with Crippen LogP contribution in [0.2, 0.25) is 0 Å². The number of carbonyl (C=O) groups is 3. The number of nitrogens with one attached hydrogen (secondary N) is 2. The lowest BCUT2D eigenvalue weighted by molar-refractivity contribution is -0.142. The number of carboxylic acids is 1. The van der Waals surface area contributed by atoms with Crippen molar-refractivity contribution in [3.63, 3.8) is 0 Å². The average molecular weight is 434 g/mol. The molecule has 0 aliphatic rings. The van der Waals surface area contributed by atoms with Crippen LogP contribution in [0, 0.1) is 0 Å². The van der Waals surface area contributed by atoms with Gasteiger partial charge in [0.1, 0.15) is 17.7 Å². The Labute approximate surface area is 181 Å². The van der Waals surface area contributed by atoms with E-state index in [0.29, 0.717) is 12.1 Å². The molecule has 10 nitrogen and oxygen atoms in total. The van der Waals surface area contributed by atoms with Gasteiger partial charge in [-0.25, -0.2) is 14.6 Å². The second kappa shape index (κ2) is 12.3. The van der Waals surface area contributed by atoms with Gasteiger partial charge < -0.3 is 30.6 Å². The van der Waals surface area contributed by atoms with Gasteiger partial charge >= 0.3 is 18.0 Å². The van der Waals surface area contributed by atoms with E-state index in [0.717, 1.165) is 5.56 Å². The summed E-state index contributed by atoms with van der Waals surface area (Å²) in [5.41, 5.74) is 6.59. The van der Waals surface area contributed by atoms with E-state index in [9.17, 15) is 14.4 Å². The van der Waals surface area contributed by atoms with Crippen molar-refractivity contribution in [1.82, 2.24) is 15.3 Å². The van der Waals surface area contributed by atoms with Crippen molar-refractivity contribution in [2.24, 2.45) is 5.73 Å². The number of benzene rings is 1. The van der Waals surface area contributed by atoms with Crippen molar-refractivity contribution >= 4 is 18.0 Å². The summed E-state index contributed by atoms with van der Waals surface area (Å²) in [4.78, 5) is 40.0. The summed E-state index contributed by atoms with van der Waals surface area (Å²) < 4.78 is 9.52. The second-order valence-electron chi connectivity index (χ2n) is 7.64. The molecule has 0 saturated heterocycles. The molecule has 5 N–H and O–H groups in total. The fraction of sp³-hybridized carbons (Fsp3) is 0.429. The maximum atomic E-state index is 11.5. The molecule has 170 valence electrons. The Hall–Kier alpha value is -3.40. The quantitative estimate of drug-likeness (QED) is 0.479. The summed E-state index contributed by atoms with van der Waals surface area (Å²) in [7, 11) is 1.34. The molecule has 10 heteroatoms. The van der Waals surface area contributed by atoms with Gasteiger partial charge in [0.15, 0.2) is 0 Å². The number of aromatic nitrogens is 2. The molecule has 0 saturated carbocycles. The van der Waals surface area contributed by atoms with Crippen molar-refractivity contribution in [3.8, 4) is 0 Å². The summed E-state index contributed by atoms with van der Waals surface area (Å²) in [6.07, 6.45) is 2.84. The Morgan fingerprint density at radius 2 is 1.84 bits per heavy atom. The van der Waals surface area contributed by atoms with Gasteiger partial charge in [-0.2, -0.15) is 0 Å². The number of methoxy groups -OCH3 is 1. The molecular formula is C21H30N4O6. The topological polar surface area (TPSA) is 157 Å². The molecule has 0 aliphatic heterocycles. The minimum atomic E-state index is -1.13. The molecule has 2 rings (SSSR count). The summed E-state index contributed by atoms with van der Waals surface area (Å²) >= 11 is 0. The monoisotopic (exact) mass is 434 g/mol. The molecule has 1 aromatic heterocycles. The average Bonchev–Trinajstić information content (AvgIpc) is 3.19. The summed E-state index contributed by atoms with van der Waals surface area (Å²) in [6.45, 7) is 5.12. The first-order valence-corrected chi connectivity index (χ1v) is 9.58. The first-order chi connectivity index (χ1) is 14.5. The smallest absolute Gasteiger partial charge is 0.408 e. The zero-order valence-corrected chi connectivity index (χ0v) is 18.1. The Balaban J connectivity index is 0.000000327. The highest BCUT2D eigenvalue weighted by atomic mass is 16.6. The molecule has 0 spiro atoms.